The Hall–Kier alpha value is -0.570. The van der Waals surface area contributed by atoms with Gasteiger partial charge in [0, 0.05) is 31.6 Å². The fourth-order valence-electron chi connectivity index (χ4n) is 2.84. The molecule has 1 aliphatic carbocycles. The molecule has 1 N–H and O–H groups in total. The van der Waals surface area contributed by atoms with Gasteiger partial charge in [-0.25, -0.2) is 0 Å². The van der Waals surface area contributed by atoms with Crippen molar-refractivity contribution in [3.8, 4) is 0 Å². The first kappa shape index (κ1) is 11.9. The summed E-state index contributed by atoms with van der Waals surface area (Å²) >= 11 is 0. The molecule has 0 aromatic heterocycles. The van der Waals surface area contributed by atoms with E-state index in [4.69, 9.17) is 0 Å². The number of hydrogen-bond acceptors (Lipinski definition) is 2. The van der Waals surface area contributed by atoms with Crippen LogP contribution in [0, 0.1) is 5.92 Å². The normalized spacial score (nSPS) is 28.8. The van der Waals surface area contributed by atoms with Crippen LogP contribution in [-0.2, 0) is 4.79 Å². The monoisotopic (exact) mass is 224 g/mol. The molecule has 1 unspecified atom stereocenters. The number of carbonyl (C=O) groups excluding carboxylic acids is 1. The van der Waals surface area contributed by atoms with Crippen molar-refractivity contribution in [2.45, 2.75) is 51.5 Å². The van der Waals surface area contributed by atoms with Gasteiger partial charge in [0.1, 0.15) is 0 Å². The first-order valence-electron chi connectivity index (χ1n) is 6.79. The number of amides is 1. The Kier molecular flexibility index (Phi) is 4.22. The van der Waals surface area contributed by atoms with E-state index in [9.17, 15) is 4.79 Å². The lowest BCUT2D eigenvalue weighted by molar-refractivity contribution is -0.136. The Morgan fingerprint density at radius 3 is 2.62 bits per heavy atom. The maximum absolute atomic E-state index is 12.3. The highest BCUT2D eigenvalue weighted by Crippen LogP contribution is 2.25. The molecule has 1 aliphatic heterocycles. The number of nitrogens with zero attached hydrogens (tertiary/aromatic N) is 1. The molecule has 0 radical (unpaired) electrons. The predicted octanol–water partition coefficient (Wildman–Crippen LogP) is 1.78. The van der Waals surface area contributed by atoms with Crippen molar-refractivity contribution < 1.29 is 4.79 Å². The van der Waals surface area contributed by atoms with Gasteiger partial charge in [-0.3, -0.25) is 4.79 Å². The van der Waals surface area contributed by atoms with Gasteiger partial charge in [0.25, 0.3) is 0 Å². The van der Waals surface area contributed by atoms with Crippen LogP contribution in [0.25, 0.3) is 0 Å². The summed E-state index contributed by atoms with van der Waals surface area (Å²) in [6, 6.07) is 0.559. The SMILES string of the molecule is CC1CCN(C(=O)C2CCCCC2)CCN1. The van der Waals surface area contributed by atoms with E-state index >= 15 is 0 Å². The summed E-state index contributed by atoms with van der Waals surface area (Å²) in [4.78, 5) is 14.4. The van der Waals surface area contributed by atoms with Crippen molar-refractivity contribution in [2.75, 3.05) is 19.6 Å². The zero-order valence-corrected chi connectivity index (χ0v) is 10.4. The van der Waals surface area contributed by atoms with E-state index in [-0.39, 0.29) is 0 Å². The molecule has 3 heteroatoms. The topological polar surface area (TPSA) is 32.3 Å². The Labute approximate surface area is 98.6 Å². The molecule has 3 nitrogen and oxygen atoms in total. The third kappa shape index (κ3) is 2.97. The van der Waals surface area contributed by atoms with Gasteiger partial charge in [-0.2, -0.15) is 0 Å². The number of nitrogens with one attached hydrogen (secondary N) is 1. The molecule has 0 aromatic carbocycles. The van der Waals surface area contributed by atoms with Crippen LogP contribution in [0.5, 0.6) is 0 Å². The molecule has 2 rings (SSSR count). The summed E-state index contributed by atoms with van der Waals surface area (Å²) in [5, 5.41) is 3.44. The molecule has 0 aromatic rings. The Morgan fingerprint density at radius 1 is 1.12 bits per heavy atom. The molecule has 16 heavy (non-hydrogen) atoms. The summed E-state index contributed by atoms with van der Waals surface area (Å²) < 4.78 is 0. The fourth-order valence-corrected chi connectivity index (χ4v) is 2.84. The van der Waals surface area contributed by atoms with E-state index in [0.29, 0.717) is 17.9 Å². The Bertz CT molecular complexity index is 236. The Morgan fingerprint density at radius 2 is 1.88 bits per heavy atom. The van der Waals surface area contributed by atoms with E-state index in [0.717, 1.165) is 38.9 Å². The van der Waals surface area contributed by atoms with E-state index < -0.39 is 0 Å². The van der Waals surface area contributed by atoms with Gasteiger partial charge in [-0.1, -0.05) is 19.3 Å². The predicted molar refractivity (Wildman–Crippen MR) is 65.2 cm³/mol. The molecule has 0 spiro atoms. The summed E-state index contributed by atoms with van der Waals surface area (Å²) in [6.45, 7) is 5.01. The average molecular weight is 224 g/mol. The quantitative estimate of drug-likeness (QED) is 0.736. The van der Waals surface area contributed by atoms with Crippen molar-refractivity contribution in [1.82, 2.24) is 10.2 Å². The highest BCUT2D eigenvalue weighted by Gasteiger charge is 2.26. The van der Waals surface area contributed by atoms with Crippen molar-refractivity contribution in [3.63, 3.8) is 0 Å². The third-order valence-corrected chi connectivity index (χ3v) is 3.97. The first-order chi connectivity index (χ1) is 7.77. The van der Waals surface area contributed by atoms with Crippen LogP contribution >= 0.6 is 0 Å². The summed E-state index contributed by atoms with van der Waals surface area (Å²) in [5.41, 5.74) is 0. The molecule has 1 amide bonds. The second-order valence-corrected chi connectivity index (χ2v) is 5.30. The minimum absolute atomic E-state index is 0.335. The maximum atomic E-state index is 12.3. The van der Waals surface area contributed by atoms with Crippen LogP contribution in [0.4, 0.5) is 0 Å². The van der Waals surface area contributed by atoms with Gasteiger partial charge in [0.15, 0.2) is 0 Å². The molecule has 1 heterocycles. The van der Waals surface area contributed by atoms with Gasteiger partial charge in [0.2, 0.25) is 5.91 Å². The molecular weight excluding hydrogens is 200 g/mol. The second-order valence-electron chi connectivity index (χ2n) is 5.30. The Balaban J connectivity index is 1.87. The minimum Gasteiger partial charge on any atom is -0.341 e. The molecule has 1 atom stereocenters. The maximum Gasteiger partial charge on any atom is 0.225 e. The van der Waals surface area contributed by atoms with Crippen molar-refractivity contribution in [2.24, 2.45) is 5.92 Å². The largest absolute Gasteiger partial charge is 0.341 e. The standard InChI is InChI=1S/C13H24N2O/c1-11-7-9-15(10-8-14-11)13(16)12-5-3-2-4-6-12/h11-12,14H,2-10H2,1H3. The highest BCUT2D eigenvalue weighted by molar-refractivity contribution is 5.79. The second kappa shape index (κ2) is 5.67. The zero-order valence-electron chi connectivity index (χ0n) is 10.4. The van der Waals surface area contributed by atoms with Gasteiger partial charge >= 0.3 is 0 Å². The number of carbonyl (C=O) groups is 1. The summed E-state index contributed by atoms with van der Waals surface area (Å²) in [7, 11) is 0. The smallest absolute Gasteiger partial charge is 0.225 e. The average Bonchev–Trinajstić information content (AvgIpc) is 2.54. The number of rotatable bonds is 1. The zero-order chi connectivity index (χ0) is 11.4. The van der Waals surface area contributed by atoms with Crippen LogP contribution in [-0.4, -0.2) is 36.5 Å². The lowest BCUT2D eigenvalue weighted by Crippen LogP contribution is -2.39. The van der Waals surface area contributed by atoms with Crippen LogP contribution in [0.2, 0.25) is 0 Å². The van der Waals surface area contributed by atoms with Crippen LogP contribution in [0.1, 0.15) is 45.4 Å². The van der Waals surface area contributed by atoms with Crippen LogP contribution < -0.4 is 5.32 Å². The molecule has 1 saturated carbocycles. The van der Waals surface area contributed by atoms with Crippen molar-refractivity contribution in [1.29, 1.82) is 0 Å². The molecule has 2 fully saturated rings. The molecular formula is C13H24N2O. The lowest BCUT2D eigenvalue weighted by atomic mass is 9.88. The minimum atomic E-state index is 0.335. The summed E-state index contributed by atoms with van der Waals surface area (Å²) in [6.07, 6.45) is 7.16. The van der Waals surface area contributed by atoms with Crippen molar-refractivity contribution >= 4 is 5.91 Å². The van der Waals surface area contributed by atoms with Gasteiger partial charge in [-0.05, 0) is 26.2 Å². The van der Waals surface area contributed by atoms with E-state index in [1.807, 2.05) is 0 Å². The molecule has 1 saturated heterocycles. The van der Waals surface area contributed by atoms with Gasteiger partial charge in [-0.15, -0.1) is 0 Å². The third-order valence-electron chi connectivity index (χ3n) is 3.97. The van der Waals surface area contributed by atoms with Crippen molar-refractivity contribution in [3.05, 3.63) is 0 Å². The van der Waals surface area contributed by atoms with E-state index in [1.165, 1.54) is 19.3 Å². The number of hydrogen-bond donors (Lipinski definition) is 1. The first-order valence-corrected chi connectivity index (χ1v) is 6.79. The van der Waals surface area contributed by atoms with Crippen LogP contribution in [0.3, 0.4) is 0 Å². The van der Waals surface area contributed by atoms with Crippen LogP contribution in [0.15, 0.2) is 0 Å². The van der Waals surface area contributed by atoms with E-state index in [1.54, 1.807) is 0 Å². The molecule has 92 valence electrons. The van der Waals surface area contributed by atoms with Gasteiger partial charge in [0.05, 0.1) is 0 Å². The molecule has 2 aliphatic rings. The van der Waals surface area contributed by atoms with Gasteiger partial charge < -0.3 is 10.2 Å². The lowest BCUT2D eigenvalue weighted by Gasteiger charge is -2.28. The fraction of sp³-hybridized carbons (Fsp3) is 0.923. The highest BCUT2D eigenvalue weighted by atomic mass is 16.2. The molecule has 0 bridgehead atoms. The summed E-state index contributed by atoms with van der Waals surface area (Å²) in [5.74, 6) is 0.762. The van der Waals surface area contributed by atoms with E-state index in [2.05, 4.69) is 17.1 Å².